The minimum absolute atomic E-state index is 0.0623. The van der Waals surface area contributed by atoms with Crippen LogP contribution in [0.25, 0.3) is 0 Å². The molecule has 1 amide bonds. The number of nitrogens with one attached hydrogen (secondary N) is 2. The third kappa shape index (κ3) is 5.75. The molecule has 156 valence electrons. The highest BCUT2D eigenvalue weighted by Gasteiger charge is 2.15. The third-order valence-corrected chi connectivity index (χ3v) is 6.03. The van der Waals surface area contributed by atoms with Crippen molar-refractivity contribution in [1.29, 1.82) is 0 Å². The summed E-state index contributed by atoms with van der Waals surface area (Å²) < 4.78 is 32.6. The molecule has 0 unspecified atom stereocenters. The van der Waals surface area contributed by atoms with Crippen LogP contribution < -0.4 is 14.8 Å². The van der Waals surface area contributed by atoms with Gasteiger partial charge >= 0.3 is 0 Å². The zero-order valence-electron chi connectivity index (χ0n) is 16.3. The van der Waals surface area contributed by atoms with Crippen molar-refractivity contribution in [3.05, 3.63) is 88.9 Å². The topological polar surface area (TPSA) is 84.5 Å². The van der Waals surface area contributed by atoms with Gasteiger partial charge in [-0.2, -0.15) is 0 Å². The number of amides is 1. The van der Waals surface area contributed by atoms with Gasteiger partial charge in [0.25, 0.3) is 15.9 Å². The van der Waals surface area contributed by atoms with Crippen LogP contribution in [-0.2, 0) is 16.4 Å². The fourth-order valence-electron chi connectivity index (χ4n) is 2.73. The molecular formula is C22H21ClN2O4S. The number of ether oxygens (including phenoxy) is 1. The second kappa shape index (κ2) is 9.65. The summed E-state index contributed by atoms with van der Waals surface area (Å²) in [6.07, 6.45) is 0.674. The molecule has 3 aromatic rings. The summed E-state index contributed by atoms with van der Waals surface area (Å²) in [6, 6.07) is 19.7. The van der Waals surface area contributed by atoms with E-state index in [1.165, 1.54) is 24.3 Å². The fourth-order valence-corrected chi connectivity index (χ4v) is 3.92. The Hall–Kier alpha value is -3.03. The number of carbonyl (C=O) groups is 1. The van der Waals surface area contributed by atoms with Gasteiger partial charge in [-0.15, -0.1) is 0 Å². The zero-order chi connectivity index (χ0) is 21.6. The Morgan fingerprint density at radius 2 is 1.57 bits per heavy atom. The standard InChI is InChI=1S/C22H21ClN2O4S/c1-29-20-10-2-16(3-11-20)14-15-24-22(26)17-4-12-21(13-5-17)30(27,28)25-19-8-6-18(23)7-9-19/h2-13,25H,14-15H2,1H3,(H,24,26). The lowest BCUT2D eigenvalue weighted by atomic mass is 10.1. The van der Waals surface area contributed by atoms with Gasteiger partial charge in [0, 0.05) is 22.8 Å². The van der Waals surface area contributed by atoms with Crippen molar-refractivity contribution < 1.29 is 17.9 Å². The highest BCUT2D eigenvalue weighted by Crippen LogP contribution is 2.19. The summed E-state index contributed by atoms with van der Waals surface area (Å²) in [4.78, 5) is 12.4. The van der Waals surface area contributed by atoms with Crippen LogP contribution in [0.1, 0.15) is 15.9 Å². The van der Waals surface area contributed by atoms with Gasteiger partial charge in [0.1, 0.15) is 5.75 Å². The minimum Gasteiger partial charge on any atom is -0.497 e. The van der Waals surface area contributed by atoms with Gasteiger partial charge in [-0.1, -0.05) is 23.7 Å². The van der Waals surface area contributed by atoms with E-state index >= 15 is 0 Å². The van der Waals surface area contributed by atoms with Crippen molar-refractivity contribution in [2.75, 3.05) is 18.4 Å². The van der Waals surface area contributed by atoms with Crippen LogP contribution in [0, 0.1) is 0 Å². The average Bonchev–Trinajstić information content (AvgIpc) is 2.76. The first-order chi connectivity index (χ1) is 14.4. The number of halogens is 1. The van der Waals surface area contributed by atoms with E-state index in [1.807, 2.05) is 24.3 Å². The van der Waals surface area contributed by atoms with Gasteiger partial charge in [-0.25, -0.2) is 8.42 Å². The zero-order valence-corrected chi connectivity index (χ0v) is 17.8. The van der Waals surface area contributed by atoms with E-state index < -0.39 is 10.0 Å². The number of hydrogen-bond acceptors (Lipinski definition) is 4. The van der Waals surface area contributed by atoms with Gasteiger partial charge in [-0.05, 0) is 72.6 Å². The first-order valence-corrected chi connectivity index (χ1v) is 11.0. The van der Waals surface area contributed by atoms with E-state index in [2.05, 4.69) is 10.0 Å². The first kappa shape index (κ1) is 21.7. The Labute approximate surface area is 180 Å². The summed E-state index contributed by atoms with van der Waals surface area (Å²) in [6.45, 7) is 0.462. The van der Waals surface area contributed by atoms with Crippen molar-refractivity contribution in [1.82, 2.24) is 5.32 Å². The quantitative estimate of drug-likeness (QED) is 0.547. The Morgan fingerprint density at radius 3 is 2.17 bits per heavy atom. The predicted octanol–water partition coefficient (Wildman–Crippen LogP) is 4.12. The van der Waals surface area contributed by atoms with Crippen molar-refractivity contribution in [2.45, 2.75) is 11.3 Å². The van der Waals surface area contributed by atoms with Crippen LogP contribution in [0.3, 0.4) is 0 Å². The fraction of sp³-hybridized carbons (Fsp3) is 0.136. The van der Waals surface area contributed by atoms with Crippen LogP contribution >= 0.6 is 11.6 Å². The Balaban J connectivity index is 1.57. The van der Waals surface area contributed by atoms with Gasteiger partial charge < -0.3 is 10.1 Å². The number of methoxy groups -OCH3 is 1. The average molecular weight is 445 g/mol. The molecule has 0 aromatic heterocycles. The monoisotopic (exact) mass is 444 g/mol. The molecule has 3 rings (SSSR count). The molecule has 6 nitrogen and oxygen atoms in total. The Bertz CT molecular complexity index is 1100. The number of benzene rings is 3. The molecule has 8 heteroatoms. The summed E-state index contributed by atoms with van der Waals surface area (Å²) in [7, 11) is -2.15. The molecule has 0 spiro atoms. The van der Waals surface area contributed by atoms with Crippen molar-refractivity contribution in [2.24, 2.45) is 0 Å². The second-order valence-electron chi connectivity index (χ2n) is 6.49. The molecule has 0 aliphatic heterocycles. The number of rotatable bonds is 8. The molecule has 0 fully saturated rings. The van der Waals surface area contributed by atoms with Gasteiger partial charge in [0.05, 0.1) is 12.0 Å². The maximum atomic E-state index is 12.5. The molecule has 30 heavy (non-hydrogen) atoms. The normalized spacial score (nSPS) is 11.0. The summed E-state index contributed by atoms with van der Waals surface area (Å²) in [5.41, 5.74) is 1.86. The minimum atomic E-state index is -3.76. The highest BCUT2D eigenvalue weighted by atomic mass is 35.5. The smallest absolute Gasteiger partial charge is 0.261 e. The summed E-state index contributed by atoms with van der Waals surface area (Å²) in [5, 5.41) is 3.35. The summed E-state index contributed by atoms with van der Waals surface area (Å²) >= 11 is 5.81. The number of sulfonamides is 1. The molecule has 0 saturated carbocycles. The van der Waals surface area contributed by atoms with Crippen LogP contribution in [-0.4, -0.2) is 28.0 Å². The number of hydrogen-bond donors (Lipinski definition) is 2. The van der Waals surface area contributed by atoms with Crippen molar-refractivity contribution >= 4 is 33.2 Å². The van der Waals surface area contributed by atoms with Gasteiger partial charge in [0.15, 0.2) is 0 Å². The maximum Gasteiger partial charge on any atom is 0.261 e. The van der Waals surface area contributed by atoms with E-state index in [9.17, 15) is 13.2 Å². The molecular weight excluding hydrogens is 424 g/mol. The lowest BCUT2D eigenvalue weighted by Gasteiger charge is -2.09. The third-order valence-electron chi connectivity index (χ3n) is 4.38. The molecule has 0 aliphatic carbocycles. The van der Waals surface area contributed by atoms with Crippen LogP contribution in [0.5, 0.6) is 5.75 Å². The molecule has 0 atom stereocenters. The number of carbonyl (C=O) groups excluding carboxylic acids is 1. The number of anilines is 1. The van der Waals surface area contributed by atoms with Crippen LogP contribution in [0.2, 0.25) is 5.02 Å². The molecule has 3 aromatic carbocycles. The predicted molar refractivity (Wildman–Crippen MR) is 118 cm³/mol. The SMILES string of the molecule is COc1ccc(CCNC(=O)c2ccc(S(=O)(=O)Nc3ccc(Cl)cc3)cc2)cc1. The molecule has 0 radical (unpaired) electrons. The van der Waals surface area contributed by atoms with Crippen molar-refractivity contribution in [3.63, 3.8) is 0 Å². The van der Waals surface area contributed by atoms with E-state index in [4.69, 9.17) is 16.3 Å². The van der Waals surface area contributed by atoms with Gasteiger partial charge in [-0.3, -0.25) is 9.52 Å². The Morgan fingerprint density at radius 1 is 0.933 bits per heavy atom. The highest BCUT2D eigenvalue weighted by molar-refractivity contribution is 7.92. The first-order valence-electron chi connectivity index (χ1n) is 9.17. The van der Waals surface area contributed by atoms with Crippen LogP contribution in [0.4, 0.5) is 5.69 Å². The van der Waals surface area contributed by atoms with E-state index in [0.717, 1.165) is 11.3 Å². The Kier molecular flexibility index (Phi) is 6.97. The molecule has 2 N–H and O–H groups in total. The largest absolute Gasteiger partial charge is 0.497 e. The molecule has 0 heterocycles. The molecule has 0 aliphatic rings. The van der Waals surface area contributed by atoms with E-state index in [-0.39, 0.29) is 10.8 Å². The lowest BCUT2D eigenvalue weighted by Crippen LogP contribution is -2.25. The van der Waals surface area contributed by atoms with E-state index in [1.54, 1.807) is 31.4 Å². The summed E-state index contributed by atoms with van der Waals surface area (Å²) in [5.74, 6) is 0.515. The van der Waals surface area contributed by atoms with Gasteiger partial charge in [0.2, 0.25) is 0 Å². The van der Waals surface area contributed by atoms with E-state index in [0.29, 0.717) is 29.2 Å². The van der Waals surface area contributed by atoms with Crippen LogP contribution in [0.15, 0.2) is 77.7 Å². The maximum absolute atomic E-state index is 12.5. The lowest BCUT2D eigenvalue weighted by molar-refractivity contribution is 0.0954. The second-order valence-corrected chi connectivity index (χ2v) is 8.61. The van der Waals surface area contributed by atoms with Crippen molar-refractivity contribution in [3.8, 4) is 5.75 Å². The molecule has 0 bridgehead atoms. The molecule has 0 saturated heterocycles.